The molecule has 0 bridgehead atoms. The second kappa shape index (κ2) is 8.11. The number of aryl methyl sites for hydroxylation is 1. The van der Waals surface area contributed by atoms with Gasteiger partial charge >= 0.3 is 0 Å². The lowest BCUT2D eigenvalue weighted by atomic mass is 10.1. The van der Waals surface area contributed by atoms with Crippen molar-refractivity contribution in [1.82, 2.24) is 9.21 Å². The van der Waals surface area contributed by atoms with E-state index in [1.807, 2.05) is 0 Å². The number of nitrogens with zero attached hydrogens (tertiary/aromatic N) is 2. The van der Waals surface area contributed by atoms with Gasteiger partial charge in [-0.25, -0.2) is 8.42 Å². The highest BCUT2D eigenvalue weighted by Gasteiger charge is 2.28. The van der Waals surface area contributed by atoms with Crippen LogP contribution in [0.4, 0.5) is 0 Å². The van der Waals surface area contributed by atoms with Crippen LogP contribution < -0.4 is 9.47 Å². The minimum absolute atomic E-state index is 0.267. The Morgan fingerprint density at radius 3 is 2.43 bits per heavy atom. The highest BCUT2D eigenvalue weighted by Crippen LogP contribution is 2.33. The fourth-order valence-corrected chi connectivity index (χ4v) is 5.12. The van der Waals surface area contributed by atoms with Crippen LogP contribution in [-0.4, -0.2) is 57.0 Å². The fourth-order valence-electron chi connectivity index (χ4n) is 3.63. The first-order valence-corrected chi connectivity index (χ1v) is 11.1. The Kier molecular flexibility index (Phi) is 5.57. The molecule has 0 aliphatic carbocycles. The number of rotatable bonds is 4. The molecular weight excluding hydrogens is 376 g/mol. The molecule has 2 aliphatic heterocycles. The molecule has 0 aromatic heterocycles. The predicted molar refractivity (Wildman–Crippen MR) is 107 cm³/mol. The number of benzene rings is 2. The molecule has 0 spiro atoms. The third-order valence-electron chi connectivity index (χ3n) is 5.23. The molecule has 7 heteroatoms. The number of fused-ring (bicyclic) bond motifs is 1. The summed E-state index contributed by atoms with van der Waals surface area (Å²) in [7, 11) is -3.55. The van der Waals surface area contributed by atoms with Crippen molar-refractivity contribution in [2.45, 2.75) is 24.8 Å². The first-order chi connectivity index (χ1) is 13.5. The average molecular weight is 403 g/mol. The topological polar surface area (TPSA) is 59.1 Å². The second-order valence-electron chi connectivity index (χ2n) is 7.32. The summed E-state index contributed by atoms with van der Waals surface area (Å²) in [6.45, 7) is 6.48. The van der Waals surface area contributed by atoms with Gasteiger partial charge < -0.3 is 9.47 Å². The summed E-state index contributed by atoms with van der Waals surface area (Å²) in [4.78, 5) is 2.59. The second-order valence-corrected chi connectivity index (χ2v) is 9.26. The fraction of sp³-hybridized carbons (Fsp3) is 0.429. The summed E-state index contributed by atoms with van der Waals surface area (Å²) in [6.07, 6.45) is 0.815. The third-order valence-corrected chi connectivity index (χ3v) is 7.12. The Balaban J connectivity index is 1.45. The van der Waals surface area contributed by atoms with Gasteiger partial charge in [-0.3, -0.25) is 4.90 Å². The standard InChI is InChI=1S/C21H26N2O4S/c1-17-3-5-18(6-4-17)16-22-9-2-10-23(12-11-22)28(24,25)19-7-8-20-21(15-19)27-14-13-26-20/h3-8,15H,2,9-14,16H2,1H3. The molecule has 2 aromatic rings. The zero-order valence-electron chi connectivity index (χ0n) is 16.1. The molecule has 0 N–H and O–H groups in total. The summed E-state index contributed by atoms with van der Waals surface area (Å²) in [5.74, 6) is 1.11. The molecule has 0 unspecified atom stereocenters. The molecule has 2 heterocycles. The average Bonchev–Trinajstić information content (AvgIpc) is 2.95. The molecule has 6 nitrogen and oxygen atoms in total. The minimum atomic E-state index is -3.55. The van der Waals surface area contributed by atoms with E-state index in [-0.39, 0.29) is 4.90 Å². The van der Waals surface area contributed by atoms with E-state index in [2.05, 4.69) is 36.1 Å². The Morgan fingerprint density at radius 1 is 0.893 bits per heavy atom. The van der Waals surface area contributed by atoms with Crippen molar-refractivity contribution in [2.24, 2.45) is 0 Å². The molecule has 2 aromatic carbocycles. The largest absolute Gasteiger partial charge is 0.486 e. The van der Waals surface area contributed by atoms with Gasteiger partial charge in [-0.05, 0) is 37.6 Å². The normalized spacial score (nSPS) is 18.6. The zero-order chi connectivity index (χ0) is 19.6. The van der Waals surface area contributed by atoms with Crippen LogP contribution in [0.15, 0.2) is 47.4 Å². The van der Waals surface area contributed by atoms with Gasteiger partial charge in [0.2, 0.25) is 10.0 Å². The van der Waals surface area contributed by atoms with Gasteiger partial charge in [0.15, 0.2) is 11.5 Å². The Bertz CT molecular complexity index is 928. The molecular formula is C21H26N2O4S. The summed E-state index contributed by atoms with van der Waals surface area (Å²) < 4.78 is 38.9. The first kappa shape index (κ1) is 19.2. The van der Waals surface area contributed by atoms with Gasteiger partial charge in [0, 0.05) is 32.2 Å². The molecule has 1 fully saturated rings. The maximum atomic E-state index is 13.1. The van der Waals surface area contributed by atoms with Crippen LogP contribution in [0, 0.1) is 6.92 Å². The number of hydrogen-bond donors (Lipinski definition) is 0. The van der Waals surface area contributed by atoms with E-state index >= 15 is 0 Å². The summed E-state index contributed by atoms with van der Waals surface area (Å²) in [5.41, 5.74) is 2.50. The van der Waals surface area contributed by atoms with Crippen LogP contribution in [0.5, 0.6) is 11.5 Å². The van der Waals surface area contributed by atoms with Gasteiger partial charge in [0.25, 0.3) is 0 Å². The van der Waals surface area contributed by atoms with Crippen molar-refractivity contribution in [2.75, 3.05) is 39.4 Å². The smallest absolute Gasteiger partial charge is 0.243 e. The van der Waals surface area contributed by atoms with Crippen molar-refractivity contribution in [3.63, 3.8) is 0 Å². The van der Waals surface area contributed by atoms with E-state index in [0.717, 1.165) is 26.1 Å². The molecule has 0 radical (unpaired) electrons. The maximum absolute atomic E-state index is 13.1. The molecule has 0 atom stereocenters. The van der Waals surface area contributed by atoms with Crippen LogP contribution in [0.3, 0.4) is 0 Å². The van der Waals surface area contributed by atoms with Crippen molar-refractivity contribution in [1.29, 1.82) is 0 Å². The number of hydrogen-bond acceptors (Lipinski definition) is 5. The van der Waals surface area contributed by atoms with Crippen LogP contribution in [0.2, 0.25) is 0 Å². The monoisotopic (exact) mass is 402 g/mol. The zero-order valence-corrected chi connectivity index (χ0v) is 17.0. The molecule has 150 valence electrons. The van der Waals surface area contributed by atoms with Gasteiger partial charge in [-0.15, -0.1) is 0 Å². The Labute approximate surface area is 166 Å². The van der Waals surface area contributed by atoms with Gasteiger partial charge in [-0.2, -0.15) is 4.31 Å². The SMILES string of the molecule is Cc1ccc(CN2CCCN(S(=O)(=O)c3ccc4c(c3)OCCO4)CC2)cc1. The molecule has 2 aliphatic rings. The maximum Gasteiger partial charge on any atom is 0.243 e. The van der Waals surface area contributed by atoms with E-state index < -0.39 is 10.0 Å². The van der Waals surface area contributed by atoms with Gasteiger partial charge in [0.1, 0.15) is 13.2 Å². The lowest BCUT2D eigenvalue weighted by Gasteiger charge is -2.23. The summed E-state index contributed by atoms with van der Waals surface area (Å²) in [6, 6.07) is 13.4. The quantitative estimate of drug-likeness (QED) is 0.787. The van der Waals surface area contributed by atoms with Crippen molar-refractivity contribution in [3.05, 3.63) is 53.6 Å². The predicted octanol–water partition coefficient (Wildman–Crippen LogP) is 2.66. The molecule has 1 saturated heterocycles. The lowest BCUT2D eigenvalue weighted by molar-refractivity contribution is 0.171. The van der Waals surface area contributed by atoms with Crippen LogP contribution >= 0.6 is 0 Å². The third kappa shape index (κ3) is 4.16. The van der Waals surface area contributed by atoms with Crippen molar-refractivity contribution in [3.8, 4) is 11.5 Å². The summed E-state index contributed by atoms with van der Waals surface area (Å²) in [5, 5.41) is 0. The van der Waals surface area contributed by atoms with E-state index in [1.165, 1.54) is 11.1 Å². The first-order valence-electron chi connectivity index (χ1n) is 9.70. The van der Waals surface area contributed by atoms with Crippen LogP contribution in [0.25, 0.3) is 0 Å². The minimum Gasteiger partial charge on any atom is -0.486 e. The molecule has 0 amide bonds. The highest BCUT2D eigenvalue weighted by molar-refractivity contribution is 7.89. The Hall–Kier alpha value is -2.09. The molecule has 0 saturated carbocycles. The van der Waals surface area contributed by atoms with Gasteiger partial charge in [-0.1, -0.05) is 29.8 Å². The van der Waals surface area contributed by atoms with E-state index in [4.69, 9.17) is 9.47 Å². The highest BCUT2D eigenvalue weighted by atomic mass is 32.2. The van der Waals surface area contributed by atoms with Gasteiger partial charge in [0.05, 0.1) is 4.90 Å². The van der Waals surface area contributed by atoms with Crippen LogP contribution in [-0.2, 0) is 16.6 Å². The number of sulfonamides is 1. The van der Waals surface area contributed by atoms with E-state index in [0.29, 0.717) is 37.8 Å². The van der Waals surface area contributed by atoms with Crippen molar-refractivity contribution >= 4 is 10.0 Å². The van der Waals surface area contributed by atoms with E-state index in [1.54, 1.807) is 22.5 Å². The molecule has 28 heavy (non-hydrogen) atoms. The lowest BCUT2D eigenvalue weighted by Crippen LogP contribution is -2.35. The van der Waals surface area contributed by atoms with E-state index in [9.17, 15) is 8.42 Å². The Morgan fingerprint density at radius 2 is 1.64 bits per heavy atom. The van der Waals surface area contributed by atoms with Crippen molar-refractivity contribution < 1.29 is 17.9 Å². The molecule has 4 rings (SSSR count). The number of ether oxygens (including phenoxy) is 2. The summed E-state index contributed by atoms with van der Waals surface area (Å²) >= 11 is 0. The van der Waals surface area contributed by atoms with Crippen LogP contribution in [0.1, 0.15) is 17.5 Å².